The summed E-state index contributed by atoms with van der Waals surface area (Å²) in [6, 6.07) is 3.38. The third-order valence-corrected chi connectivity index (χ3v) is 2.03. The maximum absolute atomic E-state index is 11.3. The molecule has 0 heterocycles. The van der Waals surface area contributed by atoms with E-state index < -0.39 is 5.97 Å². The zero-order chi connectivity index (χ0) is 11.4. The fraction of sp³-hybridized carbons (Fsp3) is 0.364. The van der Waals surface area contributed by atoms with Crippen LogP contribution in [-0.2, 0) is 4.74 Å². The van der Waals surface area contributed by atoms with Crippen LogP contribution in [0.1, 0.15) is 22.8 Å². The average Bonchev–Trinajstić information content (AvgIpc) is 2.22. The van der Waals surface area contributed by atoms with E-state index in [1.807, 2.05) is 13.8 Å². The highest BCUT2D eigenvalue weighted by atomic mass is 16.5. The van der Waals surface area contributed by atoms with Crippen LogP contribution in [0.5, 0.6) is 5.75 Å². The molecular weight excluding hydrogens is 194 g/mol. The maximum atomic E-state index is 11.3. The Labute approximate surface area is 88.9 Å². The lowest BCUT2D eigenvalue weighted by Gasteiger charge is -2.10. The highest BCUT2D eigenvalue weighted by molar-refractivity contribution is 5.94. The van der Waals surface area contributed by atoms with Crippen molar-refractivity contribution in [2.75, 3.05) is 19.0 Å². The third-order valence-electron chi connectivity index (χ3n) is 2.03. The van der Waals surface area contributed by atoms with Gasteiger partial charge in [-0.25, -0.2) is 4.79 Å². The maximum Gasteiger partial charge on any atom is 0.341 e. The molecule has 0 fully saturated rings. The fourth-order valence-electron chi connectivity index (χ4n) is 1.37. The molecule has 1 aromatic rings. The van der Waals surface area contributed by atoms with Gasteiger partial charge >= 0.3 is 5.97 Å². The molecule has 0 saturated carbocycles. The molecule has 2 N–H and O–H groups in total. The fourth-order valence-corrected chi connectivity index (χ4v) is 1.37. The van der Waals surface area contributed by atoms with Gasteiger partial charge in [0.05, 0.1) is 12.8 Å². The van der Waals surface area contributed by atoms with Crippen molar-refractivity contribution in [2.45, 2.75) is 13.8 Å². The molecule has 4 nitrogen and oxygen atoms in total. The van der Waals surface area contributed by atoms with Gasteiger partial charge in [0.2, 0.25) is 0 Å². The van der Waals surface area contributed by atoms with E-state index in [0.717, 1.165) is 5.56 Å². The minimum Gasteiger partial charge on any atom is -0.505 e. The molecule has 15 heavy (non-hydrogen) atoms. The summed E-state index contributed by atoms with van der Waals surface area (Å²) in [6.07, 6.45) is 0. The lowest BCUT2D eigenvalue weighted by molar-refractivity contribution is 0.0597. The molecule has 0 aliphatic rings. The Morgan fingerprint density at radius 3 is 2.73 bits per heavy atom. The number of carbonyl (C=O) groups excluding carboxylic acids is 1. The average molecular weight is 209 g/mol. The quantitative estimate of drug-likeness (QED) is 0.589. The largest absolute Gasteiger partial charge is 0.505 e. The first-order valence-corrected chi connectivity index (χ1v) is 4.76. The highest BCUT2D eigenvalue weighted by Gasteiger charge is 2.15. The summed E-state index contributed by atoms with van der Waals surface area (Å²) in [7, 11) is 1.29. The first-order valence-electron chi connectivity index (χ1n) is 4.76. The van der Waals surface area contributed by atoms with E-state index in [-0.39, 0.29) is 11.3 Å². The summed E-state index contributed by atoms with van der Waals surface area (Å²) in [6.45, 7) is 4.45. The topological polar surface area (TPSA) is 58.6 Å². The van der Waals surface area contributed by atoms with Crippen molar-refractivity contribution in [2.24, 2.45) is 0 Å². The standard InChI is InChI=1S/C11H15NO3/c1-4-12-9-6-7(2)5-8(10(9)13)11(14)15-3/h5-6,12-13H,4H2,1-3H3. The Bertz CT molecular complexity index is 374. The Morgan fingerprint density at radius 2 is 2.20 bits per heavy atom. The second-order valence-corrected chi connectivity index (χ2v) is 3.23. The smallest absolute Gasteiger partial charge is 0.341 e. The minimum absolute atomic E-state index is 0.0608. The minimum atomic E-state index is -0.532. The van der Waals surface area contributed by atoms with Gasteiger partial charge < -0.3 is 15.2 Å². The zero-order valence-corrected chi connectivity index (χ0v) is 9.13. The molecule has 0 bridgehead atoms. The van der Waals surface area contributed by atoms with Crippen molar-refractivity contribution >= 4 is 11.7 Å². The van der Waals surface area contributed by atoms with Crippen LogP contribution in [0.15, 0.2) is 12.1 Å². The Kier molecular flexibility index (Phi) is 3.55. The number of carbonyl (C=O) groups is 1. The monoisotopic (exact) mass is 209 g/mol. The Hall–Kier alpha value is -1.71. The van der Waals surface area contributed by atoms with Crippen LogP contribution in [0.2, 0.25) is 0 Å². The van der Waals surface area contributed by atoms with Crippen molar-refractivity contribution < 1.29 is 14.6 Å². The second kappa shape index (κ2) is 4.68. The van der Waals surface area contributed by atoms with Crippen LogP contribution in [0.3, 0.4) is 0 Å². The number of hydrogen-bond acceptors (Lipinski definition) is 4. The number of anilines is 1. The first-order chi connectivity index (χ1) is 7.10. The molecule has 0 radical (unpaired) electrons. The molecule has 1 rings (SSSR count). The highest BCUT2D eigenvalue weighted by Crippen LogP contribution is 2.29. The molecule has 0 atom stereocenters. The lowest BCUT2D eigenvalue weighted by atomic mass is 10.1. The van der Waals surface area contributed by atoms with Gasteiger partial charge in [0.25, 0.3) is 0 Å². The Balaban J connectivity index is 3.21. The third kappa shape index (κ3) is 2.40. The van der Waals surface area contributed by atoms with Crippen LogP contribution < -0.4 is 5.32 Å². The van der Waals surface area contributed by atoms with Crippen LogP contribution in [0, 0.1) is 6.92 Å². The molecule has 0 amide bonds. The number of methoxy groups -OCH3 is 1. The van der Waals surface area contributed by atoms with E-state index in [2.05, 4.69) is 10.1 Å². The molecule has 0 aliphatic carbocycles. The van der Waals surface area contributed by atoms with E-state index in [9.17, 15) is 9.90 Å². The van der Waals surface area contributed by atoms with Gasteiger partial charge in [-0.3, -0.25) is 0 Å². The van der Waals surface area contributed by atoms with Crippen LogP contribution in [0.4, 0.5) is 5.69 Å². The van der Waals surface area contributed by atoms with Crippen molar-refractivity contribution in [3.8, 4) is 5.75 Å². The number of aromatic hydroxyl groups is 1. The van der Waals surface area contributed by atoms with Crippen molar-refractivity contribution in [1.82, 2.24) is 0 Å². The van der Waals surface area contributed by atoms with E-state index >= 15 is 0 Å². The molecule has 82 valence electrons. The van der Waals surface area contributed by atoms with E-state index in [0.29, 0.717) is 12.2 Å². The number of nitrogens with one attached hydrogen (secondary N) is 1. The van der Waals surface area contributed by atoms with E-state index in [4.69, 9.17) is 0 Å². The summed E-state index contributed by atoms with van der Waals surface area (Å²) < 4.78 is 4.58. The Morgan fingerprint density at radius 1 is 1.53 bits per heavy atom. The molecule has 0 aliphatic heterocycles. The van der Waals surface area contributed by atoms with Gasteiger partial charge in [-0.1, -0.05) is 0 Å². The van der Waals surface area contributed by atoms with Crippen molar-refractivity contribution in [3.05, 3.63) is 23.3 Å². The molecule has 0 aromatic heterocycles. The van der Waals surface area contributed by atoms with Gasteiger partial charge in [0, 0.05) is 6.54 Å². The zero-order valence-electron chi connectivity index (χ0n) is 9.13. The molecule has 0 saturated heterocycles. The molecule has 1 aromatic carbocycles. The van der Waals surface area contributed by atoms with Crippen LogP contribution >= 0.6 is 0 Å². The second-order valence-electron chi connectivity index (χ2n) is 3.23. The predicted molar refractivity (Wildman–Crippen MR) is 58.3 cm³/mol. The summed E-state index contributed by atoms with van der Waals surface area (Å²) in [4.78, 5) is 11.3. The normalized spacial score (nSPS) is 9.80. The molecular formula is C11H15NO3. The van der Waals surface area contributed by atoms with Gasteiger partial charge in [0.15, 0.2) is 5.75 Å². The number of phenolic OH excluding ortho intramolecular Hbond substituents is 1. The van der Waals surface area contributed by atoms with Crippen LogP contribution in [0.25, 0.3) is 0 Å². The first kappa shape index (κ1) is 11.4. The summed E-state index contributed by atoms with van der Waals surface area (Å²) in [5, 5.41) is 12.8. The van der Waals surface area contributed by atoms with E-state index in [1.54, 1.807) is 12.1 Å². The number of aryl methyl sites for hydroxylation is 1. The number of hydrogen-bond donors (Lipinski definition) is 2. The van der Waals surface area contributed by atoms with Crippen molar-refractivity contribution in [1.29, 1.82) is 0 Å². The number of esters is 1. The number of benzene rings is 1. The summed E-state index contributed by atoms with van der Waals surface area (Å²) in [5.41, 5.74) is 1.63. The summed E-state index contributed by atoms with van der Waals surface area (Å²) in [5.74, 6) is -0.593. The van der Waals surface area contributed by atoms with E-state index in [1.165, 1.54) is 7.11 Å². The number of ether oxygens (including phenoxy) is 1. The lowest BCUT2D eigenvalue weighted by Crippen LogP contribution is -2.05. The van der Waals surface area contributed by atoms with Gasteiger partial charge in [0.1, 0.15) is 5.56 Å². The SMILES string of the molecule is CCNc1cc(C)cc(C(=O)OC)c1O. The summed E-state index contributed by atoms with van der Waals surface area (Å²) >= 11 is 0. The molecule has 0 spiro atoms. The van der Waals surface area contributed by atoms with Gasteiger partial charge in [-0.05, 0) is 31.5 Å². The molecule has 0 unspecified atom stereocenters. The number of phenols is 1. The van der Waals surface area contributed by atoms with Crippen LogP contribution in [-0.4, -0.2) is 24.7 Å². The van der Waals surface area contributed by atoms with Gasteiger partial charge in [-0.2, -0.15) is 0 Å². The predicted octanol–water partition coefficient (Wildman–Crippen LogP) is 1.92. The van der Waals surface area contributed by atoms with Crippen molar-refractivity contribution in [3.63, 3.8) is 0 Å². The number of rotatable bonds is 3. The van der Waals surface area contributed by atoms with Gasteiger partial charge in [-0.15, -0.1) is 0 Å². The molecule has 4 heteroatoms.